The molecule has 2 heteroatoms. The van der Waals surface area contributed by atoms with Crippen molar-refractivity contribution in [2.24, 2.45) is 7.05 Å². The average Bonchev–Trinajstić information content (AvgIpc) is 2.35. The Balaban J connectivity index is 2.99. The maximum Gasteiger partial charge on any atom is 0.102 e. The fraction of sp³-hybridized carbons (Fsp3) is 0.143. The van der Waals surface area contributed by atoms with Crippen LogP contribution in [-0.2, 0) is 7.05 Å². The second kappa shape index (κ2) is 1.61. The molecular weight excluding hydrogens is 130 g/mol. The van der Waals surface area contributed by atoms with Crippen molar-refractivity contribution in [3.05, 3.63) is 23.7 Å². The van der Waals surface area contributed by atoms with Crippen LogP contribution in [0, 0.1) is 0 Å². The van der Waals surface area contributed by atoms with Crippen LogP contribution in [0.3, 0.4) is 0 Å². The molecule has 0 bridgehead atoms. The Morgan fingerprint density at radius 3 is 3.11 bits per heavy atom. The lowest BCUT2D eigenvalue weighted by molar-refractivity contribution is 0.978. The van der Waals surface area contributed by atoms with Gasteiger partial charge in [0.1, 0.15) is 4.83 Å². The monoisotopic (exact) mass is 137 g/mol. The van der Waals surface area contributed by atoms with Crippen molar-refractivity contribution < 1.29 is 0 Å². The molecule has 46 valence electrons. The normalized spacial score (nSPS) is 10.8. The molecule has 1 nitrogen and oxygen atoms in total. The van der Waals surface area contributed by atoms with Crippen molar-refractivity contribution in [2.75, 3.05) is 0 Å². The van der Waals surface area contributed by atoms with Gasteiger partial charge in [-0.1, -0.05) is 0 Å². The molecular formula is C7H7NS. The number of hydrogen-bond acceptors (Lipinski definition) is 1. The molecule has 0 saturated carbocycles. The highest BCUT2D eigenvalue weighted by atomic mass is 32.1. The van der Waals surface area contributed by atoms with Crippen molar-refractivity contribution in [1.29, 1.82) is 0 Å². The smallest absolute Gasteiger partial charge is 0.102 e. The van der Waals surface area contributed by atoms with Gasteiger partial charge in [-0.25, -0.2) is 0 Å². The van der Waals surface area contributed by atoms with Gasteiger partial charge in [-0.05, 0) is 17.5 Å². The highest BCUT2D eigenvalue weighted by molar-refractivity contribution is 7.16. The van der Waals surface area contributed by atoms with Gasteiger partial charge in [-0.15, -0.1) is 11.3 Å². The molecule has 2 aromatic heterocycles. The third-order valence-electron chi connectivity index (χ3n) is 1.47. The van der Waals surface area contributed by atoms with Crippen LogP contribution in [0.2, 0.25) is 0 Å². The summed E-state index contributed by atoms with van der Waals surface area (Å²) in [4.78, 5) is 1.36. The summed E-state index contributed by atoms with van der Waals surface area (Å²) in [6.07, 6.45) is 2.08. The highest BCUT2D eigenvalue weighted by Crippen LogP contribution is 2.19. The van der Waals surface area contributed by atoms with E-state index in [0.29, 0.717) is 0 Å². The Bertz CT molecular complexity index is 318. The van der Waals surface area contributed by atoms with E-state index in [9.17, 15) is 0 Å². The zero-order chi connectivity index (χ0) is 6.27. The van der Waals surface area contributed by atoms with E-state index < -0.39 is 0 Å². The van der Waals surface area contributed by atoms with Crippen molar-refractivity contribution in [2.45, 2.75) is 0 Å². The number of aromatic nitrogens is 1. The number of fused-ring (bicyclic) bond motifs is 1. The Morgan fingerprint density at radius 2 is 2.33 bits per heavy atom. The molecule has 0 fully saturated rings. The predicted octanol–water partition coefficient (Wildman–Crippen LogP) is 2.24. The summed E-state index contributed by atoms with van der Waals surface area (Å²) >= 11 is 1.78. The van der Waals surface area contributed by atoms with E-state index >= 15 is 0 Å². The molecule has 0 radical (unpaired) electrons. The van der Waals surface area contributed by atoms with E-state index in [-0.39, 0.29) is 0 Å². The van der Waals surface area contributed by atoms with E-state index in [2.05, 4.69) is 35.3 Å². The molecule has 0 saturated heterocycles. The predicted molar refractivity (Wildman–Crippen MR) is 40.8 cm³/mol. The number of aryl methyl sites for hydroxylation is 1. The van der Waals surface area contributed by atoms with Crippen LogP contribution in [0.15, 0.2) is 23.7 Å². The first-order chi connectivity index (χ1) is 4.38. The van der Waals surface area contributed by atoms with Gasteiger partial charge in [0.2, 0.25) is 0 Å². The van der Waals surface area contributed by atoms with E-state index in [1.165, 1.54) is 10.2 Å². The minimum absolute atomic E-state index is 1.35. The van der Waals surface area contributed by atoms with Crippen molar-refractivity contribution >= 4 is 21.6 Å². The molecule has 0 aromatic carbocycles. The van der Waals surface area contributed by atoms with E-state index in [4.69, 9.17) is 0 Å². The summed E-state index contributed by atoms with van der Waals surface area (Å²) < 4.78 is 2.14. The Kier molecular flexibility index (Phi) is 0.904. The Hall–Kier alpha value is -0.760. The van der Waals surface area contributed by atoms with Crippen LogP contribution >= 0.6 is 11.3 Å². The lowest BCUT2D eigenvalue weighted by Gasteiger charge is -1.85. The molecule has 2 aromatic rings. The zero-order valence-corrected chi connectivity index (χ0v) is 5.98. The fourth-order valence-electron chi connectivity index (χ4n) is 0.985. The first-order valence-electron chi connectivity index (χ1n) is 2.86. The van der Waals surface area contributed by atoms with Gasteiger partial charge in [-0.2, -0.15) is 0 Å². The van der Waals surface area contributed by atoms with Crippen molar-refractivity contribution in [3.8, 4) is 0 Å². The molecule has 0 aliphatic rings. The quantitative estimate of drug-likeness (QED) is 0.524. The van der Waals surface area contributed by atoms with Crippen LogP contribution in [-0.4, -0.2) is 4.57 Å². The Morgan fingerprint density at radius 1 is 1.44 bits per heavy atom. The summed E-state index contributed by atoms with van der Waals surface area (Å²) in [5.41, 5.74) is 0. The van der Waals surface area contributed by atoms with E-state index in [0.717, 1.165) is 0 Å². The van der Waals surface area contributed by atoms with Crippen LogP contribution in [0.1, 0.15) is 0 Å². The second-order valence-electron chi connectivity index (χ2n) is 2.11. The minimum Gasteiger partial charge on any atom is -0.342 e. The summed E-state index contributed by atoms with van der Waals surface area (Å²) in [5.74, 6) is 0. The van der Waals surface area contributed by atoms with Crippen molar-refractivity contribution in [3.63, 3.8) is 0 Å². The van der Waals surface area contributed by atoms with Gasteiger partial charge in [0.25, 0.3) is 0 Å². The highest BCUT2D eigenvalue weighted by Gasteiger charge is 1.95. The van der Waals surface area contributed by atoms with Gasteiger partial charge >= 0.3 is 0 Å². The maximum atomic E-state index is 2.14. The average molecular weight is 137 g/mol. The van der Waals surface area contributed by atoms with Gasteiger partial charge in [0.05, 0.1) is 0 Å². The molecule has 0 aliphatic heterocycles. The van der Waals surface area contributed by atoms with Gasteiger partial charge in [-0.3, -0.25) is 0 Å². The van der Waals surface area contributed by atoms with Gasteiger partial charge < -0.3 is 4.57 Å². The third kappa shape index (κ3) is 0.598. The molecule has 2 rings (SSSR count). The first-order valence-corrected chi connectivity index (χ1v) is 3.74. The van der Waals surface area contributed by atoms with E-state index in [1.54, 1.807) is 11.3 Å². The number of rotatable bonds is 0. The van der Waals surface area contributed by atoms with Crippen LogP contribution in [0.4, 0.5) is 0 Å². The molecule has 0 unspecified atom stereocenters. The van der Waals surface area contributed by atoms with Crippen molar-refractivity contribution in [1.82, 2.24) is 4.57 Å². The lowest BCUT2D eigenvalue weighted by atomic mass is 10.4. The molecule has 9 heavy (non-hydrogen) atoms. The molecule has 2 heterocycles. The summed E-state index contributed by atoms with van der Waals surface area (Å²) in [7, 11) is 2.07. The Labute approximate surface area is 57.5 Å². The van der Waals surface area contributed by atoms with Crippen LogP contribution in [0.25, 0.3) is 10.2 Å². The fourth-order valence-corrected chi connectivity index (χ4v) is 1.83. The first kappa shape index (κ1) is 5.06. The summed E-state index contributed by atoms with van der Waals surface area (Å²) in [6, 6.07) is 4.27. The third-order valence-corrected chi connectivity index (χ3v) is 2.49. The SMILES string of the molecule is Cn1ccc2ccsc21. The lowest BCUT2D eigenvalue weighted by Crippen LogP contribution is -1.77. The molecule has 0 N–H and O–H groups in total. The minimum atomic E-state index is 1.35. The van der Waals surface area contributed by atoms with Gasteiger partial charge in [0.15, 0.2) is 0 Å². The summed E-state index contributed by atoms with van der Waals surface area (Å²) in [6.45, 7) is 0. The molecule has 0 aliphatic carbocycles. The standard InChI is InChI=1S/C7H7NS/c1-8-4-2-6-3-5-9-7(6)8/h2-5H,1H3. The largest absolute Gasteiger partial charge is 0.342 e. The molecule has 0 atom stereocenters. The number of nitrogens with zero attached hydrogens (tertiary/aromatic N) is 1. The topological polar surface area (TPSA) is 4.93 Å². The molecule has 0 spiro atoms. The summed E-state index contributed by atoms with van der Waals surface area (Å²) in [5, 5.41) is 3.47. The van der Waals surface area contributed by atoms with Gasteiger partial charge in [0, 0.05) is 18.6 Å². The molecule has 0 amide bonds. The number of hydrogen-bond donors (Lipinski definition) is 0. The zero-order valence-electron chi connectivity index (χ0n) is 5.16. The van der Waals surface area contributed by atoms with Crippen LogP contribution < -0.4 is 0 Å². The van der Waals surface area contributed by atoms with E-state index in [1.807, 2.05) is 0 Å². The number of thiophene rings is 1. The van der Waals surface area contributed by atoms with Crippen LogP contribution in [0.5, 0.6) is 0 Å². The second-order valence-corrected chi connectivity index (χ2v) is 3.00. The maximum absolute atomic E-state index is 2.14.